The third-order valence-corrected chi connectivity index (χ3v) is 2.42. The van der Waals surface area contributed by atoms with E-state index in [1.807, 2.05) is 13.8 Å². The third kappa shape index (κ3) is 2.99. The maximum Gasteiger partial charge on any atom is 0.236 e. The van der Waals surface area contributed by atoms with Crippen LogP contribution in [0.2, 0.25) is 0 Å². The number of carbonyl (C=O) groups excluding carboxylic acids is 2. The summed E-state index contributed by atoms with van der Waals surface area (Å²) in [6, 6.07) is 0. The Morgan fingerprint density at radius 2 is 1.39 bits per heavy atom. The Hall–Kier alpha value is -2.05. The molecule has 0 N–H and O–H groups in total. The van der Waals surface area contributed by atoms with Gasteiger partial charge in [0.25, 0.3) is 0 Å². The van der Waals surface area contributed by atoms with Crippen LogP contribution >= 0.6 is 0 Å². The Kier molecular flexibility index (Phi) is 4.70. The van der Waals surface area contributed by atoms with E-state index in [0.717, 1.165) is 0 Å². The molecule has 1 heterocycles. The molecule has 2 amide bonds. The molecule has 0 unspecified atom stereocenters. The van der Waals surface area contributed by atoms with E-state index in [-0.39, 0.29) is 23.7 Å². The second kappa shape index (κ2) is 6.04. The van der Waals surface area contributed by atoms with Crippen LogP contribution in [0, 0.1) is 0 Å². The first-order chi connectivity index (χ1) is 8.51. The minimum Gasteiger partial charge on any atom is -0.281 e. The number of nitrogens with zero attached hydrogens (tertiary/aromatic N) is 5. The maximum absolute atomic E-state index is 11.4. The maximum atomic E-state index is 11.4. The fourth-order valence-corrected chi connectivity index (χ4v) is 1.55. The second-order valence-corrected chi connectivity index (χ2v) is 3.61. The molecule has 0 aliphatic heterocycles. The smallest absolute Gasteiger partial charge is 0.236 e. The van der Waals surface area contributed by atoms with Gasteiger partial charge in [-0.3, -0.25) is 19.4 Å². The Bertz CT molecular complexity index is 412. The Morgan fingerprint density at radius 1 is 1.00 bits per heavy atom. The highest BCUT2D eigenvalue weighted by atomic mass is 16.2. The third-order valence-electron chi connectivity index (χ3n) is 2.42. The van der Waals surface area contributed by atoms with Gasteiger partial charge in [-0.25, -0.2) is 9.97 Å². The number of rotatable bonds is 4. The highest BCUT2D eigenvalue weighted by Crippen LogP contribution is 2.12. The van der Waals surface area contributed by atoms with E-state index in [1.54, 1.807) is 0 Å². The number of aromatic nitrogens is 3. The van der Waals surface area contributed by atoms with Gasteiger partial charge in [-0.15, -0.1) is 0 Å². The number of anilines is 2. The molecule has 7 nitrogen and oxygen atoms in total. The second-order valence-electron chi connectivity index (χ2n) is 3.61. The minimum atomic E-state index is -0.152. The summed E-state index contributed by atoms with van der Waals surface area (Å²) >= 11 is 0. The van der Waals surface area contributed by atoms with Gasteiger partial charge in [-0.1, -0.05) is 0 Å². The lowest BCUT2D eigenvalue weighted by Gasteiger charge is -2.20. The highest BCUT2D eigenvalue weighted by molar-refractivity contribution is 5.91. The van der Waals surface area contributed by atoms with Crippen LogP contribution in [0.1, 0.15) is 27.7 Å². The van der Waals surface area contributed by atoms with Gasteiger partial charge in [0.2, 0.25) is 23.7 Å². The molecular formula is C11H17N5O2. The van der Waals surface area contributed by atoms with Gasteiger partial charge >= 0.3 is 0 Å². The van der Waals surface area contributed by atoms with Crippen molar-refractivity contribution in [2.45, 2.75) is 27.7 Å². The molecule has 0 spiro atoms. The molecule has 98 valence electrons. The number of hydrogen-bond donors (Lipinski definition) is 0. The fraction of sp³-hybridized carbons (Fsp3) is 0.545. The van der Waals surface area contributed by atoms with Crippen molar-refractivity contribution in [3.63, 3.8) is 0 Å². The van der Waals surface area contributed by atoms with Gasteiger partial charge < -0.3 is 0 Å². The Labute approximate surface area is 106 Å². The van der Waals surface area contributed by atoms with Gasteiger partial charge in [-0.2, -0.15) is 4.98 Å². The van der Waals surface area contributed by atoms with Gasteiger partial charge in [-0.05, 0) is 13.8 Å². The van der Waals surface area contributed by atoms with Crippen LogP contribution in [-0.4, -0.2) is 39.9 Å². The molecule has 0 bridgehead atoms. The van der Waals surface area contributed by atoms with Crippen molar-refractivity contribution < 1.29 is 9.59 Å². The van der Waals surface area contributed by atoms with Crippen molar-refractivity contribution >= 4 is 23.7 Å². The molecular weight excluding hydrogens is 234 g/mol. The van der Waals surface area contributed by atoms with E-state index in [4.69, 9.17) is 0 Å². The number of carbonyl (C=O) groups is 2. The number of amides is 2. The summed E-state index contributed by atoms with van der Waals surface area (Å²) in [5.41, 5.74) is 0. The summed E-state index contributed by atoms with van der Waals surface area (Å²) in [6.45, 7) is 7.46. The predicted octanol–water partition coefficient (Wildman–Crippen LogP) is 0.617. The van der Waals surface area contributed by atoms with Crippen LogP contribution in [0.15, 0.2) is 6.33 Å². The summed E-state index contributed by atoms with van der Waals surface area (Å²) in [6.07, 6.45) is 1.30. The van der Waals surface area contributed by atoms with Crippen LogP contribution in [0.25, 0.3) is 0 Å². The van der Waals surface area contributed by atoms with E-state index in [0.29, 0.717) is 13.1 Å². The highest BCUT2D eigenvalue weighted by Gasteiger charge is 2.17. The molecule has 7 heteroatoms. The van der Waals surface area contributed by atoms with Gasteiger partial charge in [0, 0.05) is 26.9 Å². The molecule has 0 atom stereocenters. The molecule has 0 saturated carbocycles. The molecule has 1 aromatic heterocycles. The summed E-state index contributed by atoms with van der Waals surface area (Å²) in [5.74, 6) is 0.213. The SMILES string of the molecule is CCN(C(C)=O)c1ncnc(N(CC)C(C)=O)n1. The number of hydrogen-bond acceptors (Lipinski definition) is 5. The van der Waals surface area contributed by atoms with E-state index >= 15 is 0 Å². The van der Waals surface area contributed by atoms with E-state index in [1.165, 1.54) is 30.0 Å². The topological polar surface area (TPSA) is 79.3 Å². The summed E-state index contributed by atoms with van der Waals surface area (Å²) < 4.78 is 0. The Balaban J connectivity index is 3.12. The van der Waals surface area contributed by atoms with Gasteiger partial charge in [0.05, 0.1) is 0 Å². The van der Waals surface area contributed by atoms with Crippen LogP contribution in [0.5, 0.6) is 0 Å². The zero-order chi connectivity index (χ0) is 13.7. The minimum absolute atomic E-state index is 0.152. The van der Waals surface area contributed by atoms with Crippen LogP contribution in [0.4, 0.5) is 11.9 Å². The average molecular weight is 251 g/mol. The lowest BCUT2D eigenvalue weighted by atomic mass is 10.5. The quantitative estimate of drug-likeness (QED) is 0.783. The van der Waals surface area contributed by atoms with E-state index in [2.05, 4.69) is 15.0 Å². The van der Waals surface area contributed by atoms with Gasteiger partial charge in [0.15, 0.2) is 0 Å². The molecule has 0 saturated heterocycles. The molecule has 0 aliphatic carbocycles. The Morgan fingerprint density at radius 3 is 1.67 bits per heavy atom. The normalized spacial score (nSPS) is 10.0. The standard InChI is InChI=1S/C11H17N5O2/c1-5-15(8(3)17)10-12-7-13-11(14-10)16(6-2)9(4)18/h7H,5-6H2,1-4H3. The molecule has 0 radical (unpaired) electrons. The largest absolute Gasteiger partial charge is 0.281 e. The molecule has 18 heavy (non-hydrogen) atoms. The van der Waals surface area contributed by atoms with E-state index < -0.39 is 0 Å². The first-order valence-corrected chi connectivity index (χ1v) is 5.76. The van der Waals surface area contributed by atoms with Crippen molar-refractivity contribution in [1.29, 1.82) is 0 Å². The molecule has 0 fully saturated rings. The average Bonchev–Trinajstić information content (AvgIpc) is 2.30. The molecule has 1 rings (SSSR count). The predicted molar refractivity (Wildman–Crippen MR) is 67.2 cm³/mol. The summed E-state index contributed by atoms with van der Waals surface area (Å²) in [5, 5.41) is 0. The monoisotopic (exact) mass is 251 g/mol. The van der Waals surface area contributed by atoms with Crippen molar-refractivity contribution in [2.75, 3.05) is 22.9 Å². The molecule has 1 aromatic rings. The lowest BCUT2D eigenvalue weighted by Crippen LogP contribution is -2.33. The molecule has 0 aliphatic rings. The summed E-state index contributed by atoms with van der Waals surface area (Å²) in [7, 11) is 0. The zero-order valence-electron chi connectivity index (χ0n) is 11.0. The first-order valence-electron chi connectivity index (χ1n) is 5.76. The van der Waals surface area contributed by atoms with Crippen molar-refractivity contribution in [1.82, 2.24) is 15.0 Å². The fourth-order valence-electron chi connectivity index (χ4n) is 1.55. The summed E-state index contributed by atoms with van der Waals surface area (Å²) in [4.78, 5) is 37.7. The van der Waals surface area contributed by atoms with Crippen molar-refractivity contribution in [3.8, 4) is 0 Å². The van der Waals surface area contributed by atoms with E-state index in [9.17, 15) is 9.59 Å². The van der Waals surface area contributed by atoms with Crippen LogP contribution < -0.4 is 9.80 Å². The van der Waals surface area contributed by atoms with Crippen LogP contribution in [-0.2, 0) is 9.59 Å². The lowest BCUT2D eigenvalue weighted by molar-refractivity contribution is -0.117. The van der Waals surface area contributed by atoms with Crippen molar-refractivity contribution in [2.24, 2.45) is 0 Å². The molecule has 0 aromatic carbocycles. The first kappa shape index (κ1) is 14.0. The van der Waals surface area contributed by atoms with Crippen molar-refractivity contribution in [3.05, 3.63) is 6.33 Å². The van der Waals surface area contributed by atoms with Gasteiger partial charge in [0.1, 0.15) is 6.33 Å². The van der Waals surface area contributed by atoms with Crippen LogP contribution in [0.3, 0.4) is 0 Å². The zero-order valence-corrected chi connectivity index (χ0v) is 11.0.